The predicted octanol–water partition coefficient (Wildman–Crippen LogP) is 3.73. The van der Waals surface area contributed by atoms with Gasteiger partial charge in [0.2, 0.25) is 0 Å². The molecule has 1 fully saturated rings. The van der Waals surface area contributed by atoms with E-state index in [2.05, 4.69) is 32.3 Å². The van der Waals surface area contributed by atoms with E-state index in [-0.39, 0.29) is 0 Å². The fourth-order valence-corrected chi connectivity index (χ4v) is 3.01. The lowest BCUT2D eigenvalue weighted by Crippen LogP contribution is -2.39. The van der Waals surface area contributed by atoms with E-state index in [1.165, 1.54) is 25.7 Å². The topological polar surface area (TPSA) is 24.9 Å². The molecule has 0 aliphatic heterocycles. The first-order valence-electron chi connectivity index (χ1n) is 6.19. The fourth-order valence-electron chi connectivity index (χ4n) is 2.41. The van der Waals surface area contributed by atoms with E-state index < -0.39 is 0 Å². The molecule has 2 unspecified atom stereocenters. The number of pyridine rings is 1. The molecule has 2 nitrogen and oxygen atoms in total. The predicted molar refractivity (Wildman–Crippen MR) is 75.2 cm³/mol. The summed E-state index contributed by atoms with van der Waals surface area (Å²) < 4.78 is 1.03. The highest BCUT2D eigenvalue weighted by atomic mass is 79.9. The average Bonchev–Trinajstić information content (AvgIpc) is 2.38. The van der Waals surface area contributed by atoms with Gasteiger partial charge in [0.05, 0.1) is 5.69 Å². The van der Waals surface area contributed by atoms with Crippen molar-refractivity contribution in [2.45, 2.75) is 38.3 Å². The highest BCUT2D eigenvalue weighted by Gasteiger charge is 2.23. The molecule has 0 amide bonds. The Hall–Kier alpha value is -0.120. The molecule has 0 aromatic carbocycles. The van der Waals surface area contributed by atoms with Crippen molar-refractivity contribution >= 4 is 27.5 Å². The van der Waals surface area contributed by atoms with Crippen LogP contribution in [0.4, 0.5) is 0 Å². The van der Waals surface area contributed by atoms with Crippen molar-refractivity contribution in [2.75, 3.05) is 5.88 Å². The SMILES string of the molecule is ClCC1CCCCC1NCc1ccc(Br)cn1. The summed E-state index contributed by atoms with van der Waals surface area (Å²) >= 11 is 9.41. The van der Waals surface area contributed by atoms with Crippen molar-refractivity contribution in [3.63, 3.8) is 0 Å². The molecule has 94 valence electrons. The molecule has 2 atom stereocenters. The van der Waals surface area contributed by atoms with E-state index in [0.717, 1.165) is 22.6 Å². The molecule has 1 aromatic rings. The van der Waals surface area contributed by atoms with Crippen molar-refractivity contribution in [3.05, 3.63) is 28.5 Å². The standard InChI is InChI=1S/C13H18BrClN2/c14-11-5-6-12(16-8-11)9-17-13-4-2-1-3-10(13)7-15/h5-6,8,10,13,17H,1-4,7,9H2. The van der Waals surface area contributed by atoms with Gasteiger partial charge in [-0.25, -0.2) is 0 Å². The zero-order valence-electron chi connectivity index (χ0n) is 9.83. The van der Waals surface area contributed by atoms with Gasteiger partial charge < -0.3 is 5.32 Å². The van der Waals surface area contributed by atoms with Gasteiger partial charge in [-0.05, 0) is 46.8 Å². The maximum Gasteiger partial charge on any atom is 0.0542 e. The number of nitrogens with one attached hydrogen (secondary N) is 1. The molecule has 0 saturated heterocycles. The Morgan fingerprint density at radius 3 is 2.88 bits per heavy atom. The molecule has 0 spiro atoms. The van der Waals surface area contributed by atoms with Gasteiger partial charge >= 0.3 is 0 Å². The minimum atomic E-state index is 0.562. The molecule has 4 heteroatoms. The number of halogens is 2. The molecule has 0 bridgehead atoms. The first-order chi connectivity index (χ1) is 8.29. The van der Waals surface area contributed by atoms with Crippen LogP contribution in [0.25, 0.3) is 0 Å². The van der Waals surface area contributed by atoms with E-state index in [4.69, 9.17) is 11.6 Å². The van der Waals surface area contributed by atoms with Crippen molar-refractivity contribution in [2.24, 2.45) is 5.92 Å². The first kappa shape index (κ1) is 13.3. The van der Waals surface area contributed by atoms with Crippen molar-refractivity contribution < 1.29 is 0 Å². The van der Waals surface area contributed by atoms with Crippen LogP contribution in [0, 0.1) is 5.92 Å². The van der Waals surface area contributed by atoms with Crippen LogP contribution in [0.5, 0.6) is 0 Å². The van der Waals surface area contributed by atoms with Crippen molar-refractivity contribution in [1.82, 2.24) is 10.3 Å². The van der Waals surface area contributed by atoms with Gasteiger partial charge in [0.15, 0.2) is 0 Å². The second-order valence-corrected chi connectivity index (χ2v) is 5.88. The maximum atomic E-state index is 6.02. The highest BCUT2D eigenvalue weighted by molar-refractivity contribution is 9.10. The Kier molecular flexibility index (Phi) is 5.26. The van der Waals surface area contributed by atoms with Crippen LogP contribution < -0.4 is 5.32 Å². The molecule has 0 radical (unpaired) electrons. The third-order valence-corrected chi connectivity index (χ3v) is 4.31. The molecule has 17 heavy (non-hydrogen) atoms. The quantitative estimate of drug-likeness (QED) is 0.856. The Morgan fingerprint density at radius 1 is 1.35 bits per heavy atom. The molecule has 1 aromatic heterocycles. The van der Waals surface area contributed by atoms with E-state index in [1.807, 2.05) is 12.3 Å². The number of rotatable bonds is 4. The van der Waals surface area contributed by atoms with E-state index in [9.17, 15) is 0 Å². The summed E-state index contributed by atoms with van der Waals surface area (Å²) in [5, 5.41) is 3.60. The summed E-state index contributed by atoms with van der Waals surface area (Å²) in [7, 11) is 0. The van der Waals surface area contributed by atoms with Gasteiger partial charge in [-0.15, -0.1) is 11.6 Å². The second kappa shape index (κ2) is 6.72. The Morgan fingerprint density at radius 2 is 2.18 bits per heavy atom. The van der Waals surface area contributed by atoms with Crippen molar-refractivity contribution in [3.8, 4) is 0 Å². The molecule has 2 rings (SSSR count). The van der Waals surface area contributed by atoms with Crippen LogP contribution in [-0.2, 0) is 6.54 Å². The van der Waals surface area contributed by atoms with Gasteiger partial charge in [0, 0.05) is 29.1 Å². The van der Waals surface area contributed by atoms with E-state index in [0.29, 0.717) is 12.0 Å². The summed E-state index contributed by atoms with van der Waals surface area (Å²) in [6.45, 7) is 0.839. The van der Waals surface area contributed by atoms with Gasteiger partial charge in [-0.1, -0.05) is 12.8 Å². The molecule has 1 aliphatic carbocycles. The summed E-state index contributed by atoms with van der Waals surface area (Å²) in [4.78, 5) is 4.37. The maximum absolute atomic E-state index is 6.02. The van der Waals surface area contributed by atoms with Crippen LogP contribution in [0.2, 0.25) is 0 Å². The number of hydrogen-bond donors (Lipinski definition) is 1. The molecular weight excluding hydrogens is 300 g/mol. The fraction of sp³-hybridized carbons (Fsp3) is 0.615. The van der Waals surface area contributed by atoms with E-state index >= 15 is 0 Å². The van der Waals surface area contributed by atoms with Crippen molar-refractivity contribution in [1.29, 1.82) is 0 Å². The third kappa shape index (κ3) is 3.94. The molecule has 1 aliphatic rings. The normalized spacial score (nSPS) is 24.8. The minimum absolute atomic E-state index is 0.562. The lowest BCUT2D eigenvalue weighted by molar-refractivity contribution is 0.281. The minimum Gasteiger partial charge on any atom is -0.308 e. The number of aromatic nitrogens is 1. The Labute approximate surface area is 116 Å². The molecule has 1 N–H and O–H groups in total. The van der Waals surface area contributed by atoms with E-state index in [1.54, 1.807) is 0 Å². The molecular formula is C13H18BrClN2. The van der Waals surface area contributed by atoms with Crippen LogP contribution in [0.1, 0.15) is 31.4 Å². The summed E-state index contributed by atoms with van der Waals surface area (Å²) in [5.41, 5.74) is 1.09. The Balaban J connectivity index is 1.86. The first-order valence-corrected chi connectivity index (χ1v) is 7.52. The largest absolute Gasteiger partial charge is 0.308 e. The third-order valence-electron chi connectivity index (χ3n) is 3.44. The number of alkyl halides is 1. The monoisotopic (exact) mass is 316 g/mol. The van der Waals surface area contributed by atoms with Crippen LogP contribution in [0.3, 0.4) is 0 Å². The second-order valence-electron chi connectivity index (χ2n) is 4.65. The summed E-state index contributed by atoms with van der Waals surface area (Å²) in [6.07, 6.45) is 6.99. The molecule has 1 saturated carbocycles. The highest BCUT2D eigenvalue weighted by Crippen LogP contribution is 2.25. The van der Waals surface area contributed by atoms with Gasteiger partial charge in [-0.3, -0.25) is 4.98 Å². The average molecular weight is 318 g/mol. The summed E-state index contributed by atoms with van der Waals surface area (Å²) in [5.74, 6) is 1.40. The zero-order valence-corrected chi connectivity index (χ0v) is 12.2. The summed E-state index contributed by atoms with van der Waals surface area (Å²) in [6, 6.07) is 4.64. The molecule has 1 heterocycles. The van der Waals surface area contributed by atoms with Crippen LogP contribution in [0.15, 0.2) is 22.8 Å². The van der Waals surface area contributed by atoms with Gasteiger partial charge in [0.25, 0.3) is 0 Å². The number of hydrogen-bond acceptors (Lipinski definition) is 2. The zero-order chi connectivity index (χ0) is 12.1. The lowest BCUT2D eigenvalue weighted by atomic mass is 9.86. The lowest BCUT2D eigenvalue weighted by Gasteiger charge is -2.30. The van der Waals surface area contributed by atoms with Crippen LogP contribution >= 0.6 is 27.5 Å². The van der Waals surface area contributed by atoms with Gasteiger partial charge in [-0.2, -0.15) is 0 Å². The van der Waals surface area contributed by atoms with Gasteiger partial charge in [0.1, 0.15) is 0 Å². The number of nitrogens with zero attached hydrogens (tertiary/aromatic N) is 1. The smallest absolute Gasteiger partial charge is 0.0542 e. The Bertz CT molecular complexity index is 342. The van der Waals surface area contributed by atoms with Crippen LogP contribution in [-0.4, -0.2) is 16.9 Å².